The van der Waals surface area contributed by atoms with E-state index in [1.54, 1.807) is 24.3 Å². The summed E-state index contributed by atoms with van der Waals surface area (Å²) in [6.45, 7) is 6.43. The summed E-state index contributed by atoms with van der Waals surface area (Å²) in [5.74, 6) is -0.0438. The van der Waals surface area contributed by atoms with Gasteiger partial charge in [-0.15, -0.1) is 0 Å². The van der Waals surface area contributed by atoms with E-state index in [9.17, 15) is 13.2 Å². The highest BCUT2D eigenvalue weighted by molar-refractivity contribution is 7.96. The third-order valence-corrected chi connectivity index (χ3v) is 7.56. The van der Waals surface area contributed by atoms with E-state index in [4.69, 9.17) is 0 Å². The molecule has 1 aliphatic rings. The second kappa shape index (κ2) is 13.6. The van der Waals surface area contributed by atoms with Crippen LogP contribution in [0, 0.1) is 5.92 Å². The molecule has 5 heteroatoms. The van der Waals surface area contributed by atoms with Crippen LogP contribution in [0.15, 0.2) is 46.9 Å². The Labute approximate surface area is 195 Å². The summed E-state index contributed by atoms with van der Waals surface area (Å²) in [7, 11) is -3.83. The van der Waals surface area contributed by atoms with Crippen LogP contribution in [0.2, 0.25) is 0 Å². The van der Waals surface area contributed by atoms with Crippen molar-refractivity contribution in [2.75, 3.05) is 4.72 Å². The molecule has 1 aromatic rings. The van der Waals surface area contributed by atoms with Gasteiger partial charge in [0.15, 0.2) is 5.78 Å². The maximum atomic E-state index is 13.3. The minimum Gasteiger partial charge on any atom is -0.294 e. The fraction of sp³-hybridized carbons (Fsp3) is 0.593. The van der Waals surface area contributed by atoms with Crippen molar-refractivity contribution in [3.05, 3.63) is 52.5 Å². The van der Waals surface area contributed by atoms with Gasteiger partial charge in [0.1, 0.15) is 0 Å². The second-order valence-electron chi connectivity index (χ2n) is 8.90. The van der Waals surface area contributed by atoms with E-state index in [2.05, 4.69) is 25.5 Å². The molecule has 2 rings (SSSR count). The minimum absolute atomic E-state index is 0.00197. The number of aryl methyl sites for hydroxylation is 1. The zero-order valence-corrected chi connectivity index (χ0v) is 21.0. The zero-order chi connectivity index (χ0) is 23.4. The number of anilines is 1. The van der Waals surface area contributed by atoms with Crippen molar-refractivity contribution < 1.29 is 13.2 Å². The Morgan fingerprint density at radius 3 is 2.22 bits per heavy atom. The van der Waals surface area contributed by atoms with Gasteiger partial charge in [0.05, 0.1) is 4.91 Å². The van der Waals surface area contributed by atoms with E-state index in [1.807, 2.05) is 12.1 Å². The fourth-order valence-electron chi connectivity index (χ4n) is 4.46. The quantitative estimate of drug-likeness (QED) is 0.279. The van der Waals surface area contributed by atoms with Crippen molar-refractivity contribution in [3.63, 3.8) is 0 Å². The highest BCUT2D eigenvalue weighted by Gasteiger charge is 2.31. The van der Waals surface area contributed by atoms with Crippen LogP contribution >= 0.6 is 0 Å². The van der Waals surface area contributed by atoms with Gasteiger partial charge in [-0.05, 0) is 49.0 Å². The summed E-state index contributed by atoms with van der Waals surface area (Å²) >= 11 is 0. The molecule has 178 valence electrons. The van der Waals surface area contributed by atoms with Gasteiger partial charge in [-0.1, -0.05) is 90.3 Å². The molecule has 0 fully saturated rings. The number of hydrogen-bond donors (Lipinski definition) is 1. The van der Waals surface area contributed by atoms with Crippen molar-refractivity contribution in [1.82, 2.24) is 0 Å². The van der Waals surface area contributed by atoms with Gasteiger partial charge >= 0.3 is 0 Å². The molecule has 32 heavy (non-hydrogen) atoms. The number of allylic oxidation sites excluding steroid dienone is 3. The number of sulfonamides is 1. The molecule has 0 aromatic heterocycles. The van der Waals surface area contributed by atoms with Gasteiger partial charge in [-0.3, -0.25) is 9.52 Å². The number of ketones is 1. The first-order chi connectivity index (χ1) is 15.4. The summed E-state index contributed by atoms with van der Waals surface area (Å²) < 4.78 is 29.3. The van der Waals surface area contributed by atoms with Crippen molar-refractivity contribution in [2.24, 2.45) is 5.92 Å². The zero-order valence-electron chi connectivity index (χ0n) is 20.2. The summed E-state index contributed by atoms with van der Waals surface area (Å²) in [6.07, 6.45) is 15.4. The lowest BCUT2D eigenvalue weighted by molar-refractivity contribution is -0.115. The van der Waals surface area contributed by atoms with Gasteiger partial charge in [-0.2, -0.15) is 0 Å². The molecule has 0 aliphatic heterocycles. The molecule has 0 spiro atoms. The van der Waals surface area contributed by atoms with Gasteiger partial charge in [-0.25, -0.2) is 8.42 Å². The van der Waals surface area contributed by atoms with E-state index >= 15 is 0 Å². The smallest absolute Gasteiger partial charge is 0.262 e. The Hall–Kier alpha value is -1.88. The van der Waals surface area contributed by atoms with Crippen LogP contribution in [0.1, 0.15) is 97.0 Å². The van der Waals surface area contributed by atoms with Crippen LogP contribution in [0.4, 0.5) is 5.69 Å². The average Bonchev–Trinajstić information content (AvgIpc) is 2.77. The van der Waals surface area contributed by atoms with Crippen molar-refractivity contribution in [1.29, 1.82) is 0 Å². The highest BCUT2D eigenvalue weighted by Crippen LogP contribution is 2.33. The third-order valence-electron chi connectivity index (χ3n) is 6.12. The Bertz CT molecular complexity index is 882. The monoisotopic (exact) mass is 459 g/mol. The molecule has 0 heterocycles. The standard InChI is InChI=1S/C27H41NO3S/c1-4-7-8-9-10-11-15-23(14-6-3)27-25(29)16-12-17-26(27)32(30,31)28-24-20-18-22(13-5-2)19-21-24/h12,17-21,23,28H,4-11,13-16H2,1-3H3. The van der Waals surface area contributed by atoms with Gasteiger partial charge in [0, 0.05) is 17.7 Å². The van der Waals surface area contributed by atoms with E-state index in [0.29, 0.717) is 11.3 Å². The average molecular weight is 460 g/mol. The molecule has 1 aromatic carbocycles. The Kier molecular flexibility index (Phi) is 11.2. The summed E-state index contributed by atoms with van der Waals surface area (Å²) in [5, 5.41) is 0. The normalized spacial score (nSPS) is 15.3. The highest BCUT2D eigenvalue weighted by atomic mass is 32.2. The lowest BCUT2D eigenvalue weighted by Gasteiger charge is -2.24. The van der Waals surface area contributed by atoms with Crippen LogP contribution < -0.4 is 4.72 Å². The molecule has 1 atom stereocenters. The molecule has 0 amide bonds. The SMILES string of the molecule is CCCCCCCCC(CCC)C1=C(S(=O)(=O)Nc2ccc(CCC)cc2)C=CCC1=O. The lowest BCUT2D eigenvalue weighted by atomic mass is 9.84. The Morgan fingerprint density at radius 1 is 0.875 bits per heavy atom. The molecule has 1 aliphatic carbocycles. The minimum atomic E-state index is -3.83. The topological polar surface area (TPSA) is 63.2 Å². The van der Waals surface area contributed by atoms with E-state index in [0.717, 1.165) is 44.9 Å². The number of unbranched alkanes of at least 4 members (excludes halogenated alkanes) is 5. The summed E-state index contributed by atoms with van der Waals surface area (Å²) in [4.78, 5) is 13.1. The van der Waals surface area contributed by atoms with Crippen LogP contribution in [0.5, 0.6) is 0 Å². The van der Waals surface area contributed by atoms with Gasteiger partial charge < -0.3 is 0 Å². The fourth-order valence-corrected chi connectivity index (χ4v) is 5.87. The second-order valence-corrected chi connectivity index (χ2v) is 10.6. The number of carbonyl (C=O) groups excluding carboxylic acids is 1. The Balaban J connectivity index is 2.22. The number of hydrogen-bond acceptors (Lipinski definition) is 3. The molecule has 0 bridgehead atoms. The van der Waals surface area contributed by atoms with Gasteiger partial charge in [0.25, 0.3) is 10.0 Å². The third kappa shape index (κ3) is 7.91. The number of rotatable bonds is 15. The first-order valence-corrected chi connectivity index (χ1v) is 14.0. The molecular weight excluding hydrogens is 418 g/mol. The van der Waals surface area contributed by atoms with E-state index < -0.39 is 10.0 Å². The molecule has 0 saturated heterocycles. The molecule has 1 unspecified atom stereocenters. The Morgan fingerprint density at radius 2 is 1.56 bits per heavy atom. The van der Waals surface area contributed by atoms with Crippen LogP contribution in [0.25, 0.3) is 0 Å². The van der Waals surface area contributed by atoms with Crippen molar-refractivity contribution in [3.8, 4) is 0 Å². The van der Waals surface area contributed by atoms with Crippen molar-refractivity contribution in [2.45, 2.75) is 97.8 Å². The number of Topliss-reactive ketones (excluding diaryl/α,β-unsaturated/α-hetero) is 1. The van der Waals surface area contributed by atoms with E-state index in [1.165, 1.54) is 31.2 Å². The van der Waals surface area contributed by atoms with Crippen LogP contribution in [0.3, 0.4) is 0 Å². The largest absolute Gasteiger partial charge is 0.294 e. The van der Waals surface area contributed by atoms with Crippen LogP contribution in [-0.4, -0.2) is 14.2 Å². The molecular formula is C27H41NO3S. The number of carbonyl (C=O) groups is 1. The summed E-state index contributed by atoms with van der Waals surface area (Å²) in [6, 6.07) is 7.52. The predicted octanol–water partition coefficient (Wildman–Crippen LogP) is 7.33. The van der Waals surface area contributed by atoms with Gasteiger partial charge in [0.2, 0.25) is 0 Å². The molecule has 4 nitrogen and oxygen atoms in total. The number of benzene rings is 1. The maximum absolute atomic E-state index is 13.3. The summed E-state index contributed by atoms with van der Waals surface area (Å²) in [5.41, 5.74) is 2.23. The maximum Gasteiger partial charge on any atom is 0.262 e. The molecule has 0 saturated carbocycles. The van der Waals surface area contributed by atoms with E-state index in [-0.39, 0.29) is 23.0 Å². The molecule has 0 radical (unpaired) electrons. The lowest BCUT2D eigenvalue weighted by Crippen LogP contribution is -2.24. The van der Waals surface area contributed by atoms with Crippen LogP contribution in [-0.2, 0) is 21.2 Å². The first-order valence-electron chi connectivity index (χ1n) is 12.5. The first kappa shape index (κ1) is 26.4. The predicted molar refractivity (Wildman–Crippen MR) is 135 cm³/mol. The molecule has 1 N–H and O–H groups in total. The number of nitrogens with one attached hydrogen (secondary N) is 1. The van der Waals surface area contributed by atoms with Crippen molar-refractivity contribution >= 4 is 21.5 Å².